The average molecular weight is 286 g/mol. The summed E-state index contributed by atoms with van der Waals surface area (Å²) in [6.07, 6.45) is 0.00376. The minimum Gasteiger partial charge on any atom is -0.380 e. The second-order valence-electron chi connectivity index (χ2n) is 4.10. The predicted molar refractivity (Wildman–Crippen MR) is 72.4 cm³/mol. The highest BCUT2D eigenvalue weighted by Crippen LogP contribution is 2.46. The minimum atomic E-state index is -3.26. The summed E-state index contributed by atoms with van der Waals surface area (Å²) in [4.78, 5) is 11.8. The van der Waals surface area contributed by atoms with Gasteiger partial charge < -0.3 is 13.8 Å². The van der Waals surface area contributed by atoms with Gasteiger partial charge in [-0.05, 0) is 11.1 Å². The molecule has 0 amide bonds. The Bertz CT molecular complexity index is 447. The van der Waals surface area contributed by atoms with E-state index in [9.17, 15) is 9.36 Å². The molecule has 0 spiro atoms. The van der Waals surface area contributed by atoms with Gasteiger partial charge in [-0.1, -0.05) is 24.3 Å². The van der Waals surface area contributed by atoms with Crippen LogP contribution < -0.4 is 0 Å². The second kappa shape index (κ2) is 7.56. The fourth-order valence-corrected chi connectivity index (χ4v) is 2.57. The van der Waals surface area contributed by atoms with Crippen LogP contribution >= 0.6 is 7.60 Å². The van der Waals surface area contributed by atoms with Crippen molar-refractivity contribution >= 4 is 13.4 Å². The molecule has 0 unspecified atom stereocenters. The van der Waals surface area contributed by atoms with Crippen molar-refractivity contribution in [1.29, 1.82) is 0 Å². The van der Waals surface area contributed by atoms with Gasteiger partial charge in [0, 0.05) is 27.8 Å². The smallest absolute Gasteiger partial charge is 0.337 e. The lowest BCUT2D eigenvalue weighted by atomic mass is 10.1. The van der Waals surface area contributed by atoms with E-state index in [1.54, 1.807) is 7.11 Å². The van der Waals surface area contributed by atoms with E-state index >= 15 is 0 Å². The van der Waals surface area contributed by atoms with Gasteiger partial charge in [0.2, 0.25) is 0 Å². The summed E-state index contributed by atoms with van der Waals surface area (Å²) >= 11 is 0. The molecule has 5 nitrogen and oxygen atoms in total. The fourth-order valence-electron chi connectivity index (χ4n) is 1.62. The van der Waals surface area contributed by atoms with Gasteiger partial charge in [-0.2, -0.15) is 0 Å². The molecule has 0 N–H and O–H groups in total. The van der Waals surface area contributed by atoms with E-state index in [1.807, 2.05) is 24.3 Å². The third kappa shape index (κ3) is 5.25. The van der Waals surface area contributed by atoms with Gasteiger partial charge in [0.25, 0.3) is 0 Å². The Morgan fingerprint density at radius 2 is 1.58 bits per heavy atom. The fraction of sp³-hybridized carbons (Fsp3) is 0.462. The standard InChI is InChI=1S/C13H19O5P/c1-16-9-12-6-4-11(5-7-12)8-13(14)10-19(15,17-2)18-3/h4-7H,8-10H2,1-3H3. The van der Waals surface area contributed by atoms with E-state index in [1.165, 1.54) is 14.2 Å². The third-order valence-corrected chi connectivity index (χ3v) is 4.51. The Kier molecular flexibility index (Phi) is 6.38. The summed E-state index contributed by atoms with van der Waals surface area (Å²) in [5.41, 5.74) is 1.90. The number of ether oxygens (including phenoxy) is 1. The van der Waals surface area contributed by atoms with E-state index in [4.69, 9.17) is 13.8 Å². The zero-order valence-corrected chi connectivity index (χ0v) is 12.3. The lowest BCUT2D eigenvalue weighted by molar-refractivity contribution is -0.116. The number of carbonyl (C=O) groups excluding carboxylic acids is 1. The number of methoxy groups -OCH3 is 1. The number of hydrogen-bond donors (Lipinski definition) is 0. The van der Waals surface area contributed by atoms with Crippen LogP contribution in [0.4, 0.5) is 0 Å². The number of carbonyl (C=O) groups is 1. The summed E-state index contributed by atoms with van der Waals surface area (Å²) in [6, 6.07) is 7.52. The van der Waals surface area contributed by atoms with E-state index in [2.05, 4.69) is 0 Å². The molecule has 0 atom stereocenters. The molecule has 0 saturated heterocycles. The molecule has 0 aliphatic heterocycles. The van der Waals surface area contributed by atoms with Gasteiger partial charge >= 0.3 is 7.60 Å². The lowest BCUT2D eigenvalue weighted by Crippen LogP contribution is -2.10. The Hall–Kier alpha value is -1.00. The van der Waals surface area contributed by atoms with Crippen molar-refractivity contribution in [2.45, 2.75) is 13.0 Å². The number of Topliss-reactive ketones (excluding diaryl/α,β-unsaturated/α-hetero) is 1. The van der Waals surface area contributed by atoms with Crippen LogP contribution in [0.1, 0.15) is 11.1 Å². The first-order valence-corrected chi connectivity index (χ1v) is 7.54. The first-order chi connectivity index (χ1) is 9.03. The molecule has 0 heterocycles. The number of rotatable bonds is 8. The molecule has 0 aliphatic rings. The van der Waals surface area contributed by atoms with Gasteiger partial charge in [-0.25, -0.2) is 0 Å². The summed E-state index contributed by atoms with van der Waals surface area (Å²) in [5, 5.41) is 0. The topological polar surface area (TPSA) is 61.8 Å². The van der Waals surface area contributed by atoms with E-state index in [0.29, 0.717) is 6.61 Å². The minimum absolute atomic E-state index is 0.175. The average Bonchev–Trinajstić information content (AvgIpc) is 2.41. The Labute approximate surface area is 113 Å². The summed E-state index contributed by atoms with van der Waals surface area (Å²) in [6.45, 7) is 0.538. The highest BCUT2D eigenvalue weighted by Gasteiger charge is 2.25. The van der Waals surface area contributed by atoms with Crippen LogP contribution in [0.25, 0.3) is 0 Å². The van der Waals surface area contributed by atoms with Gasteiger partial charge in [0.15, 0.2) is 0 Å². The van der Waals surface area contributed by atoms with Gasteiger partial charge in [-0.15, -0.1) is 0 Å². The van der Waals surface area contributed by atoms with Crippen molar-refractivity contribution in [3.05, 3.63) is 35.4 Å². The van der Waals surface area contributed by atoms with Gasteiger partial charge in [0.05, 0.1) is 6.61 Å². The zero-order valence-electron chi connectivity index (χ0n) is 11.4. The number of ketones is 1. The number of benzene rings is 1. The Balaban J connectivity index is 2.59. The Morgan fingerprint density at radius 1 is 1.05 bits per heavy atom. The third-order valence-electron chi connectivity index (χ3n) is 2.66. The van der Waals surface area contributed by atoms with Gasteiger partial charge in [-0.3, -0.25) is 9.36 Å². The molecular weight excluding hydrogens is 267 g/mol. The molecule has 1 rings (SSSR count). The van der Waals surface area contributed by atoms with Crippen molar-refractivity contribution < 1.29 is 23.1 Å². The van der Waals surface area contributed by atoms with Crippen molar-refractivity contribution in [3.63, 3.8) is 0 Å². The largest absolute Gasteiger partial charge is 0.380 e. The Morgan fingerprint density at radius 3 is 2.05 bits per heavy atom. The summed E-state index contributed by atoms with van der Waals surface area (Å²) < 4.78 is 26.3. The highest BCUT2D eigenvalue weighted by molar-refractivity contribution is 7.54. The molecule has 6 heteroatoms. The maximum Gasteiger partial charge on any atom is 0.337 e. The van der Waals surface area contributed by atoms with Crippen LogP contribution in [-0.4, -0.2) is 33.3 Å². The van der Waals surface area contributed by atoms with Crippen LogP contribution in [-0.2, 0) is 36.2 Å². The van der Waals surface area contributed by atoms with Crippen molar-refractivity contribution in [2.75, 3.05) is 27.5 Å². The molecule has 19 heavy (non-hydrogen) atoms. The van der Waals surface area contributed by atoms with Crippen LogP contribution in [0.2, 0.25) is 0 Å². The zero-order chi connectivity index (χ0) is 14.3. The first-order valence-electron chi connectivity index (χ1n) is 5.82. The van der Waals surface area contributed by atoms with Crippen LogP contribution in [0.3, 0.4) is 0 Å². The van der Waals surface area contributed by atoms with Crippen molar-refractivity contribution in [1.82, 2.24) is 0 Å². The summed E-state index contributed by atoms with van der Waals surface area (Å²) in [7, 11) is 0.915. The normalized spacial score (nSPS) is 11.5. The van der Waals surface area contributed by atoms with Crippen molar-refractivity contribution in [2.24, 2.45) is 0 Å². The lowest BCUT2D eigenvalue weighted by Gasteiger charge is -2.12. The first kappa shape index (κ1) is 16.1. The monoisotopic (exact) mass is 286 g/mol. The molecule has 0 aliphatic carbocycles. The van der Waals surface area contributed by atoms with Crippen LogP contribution in [0.5, 0.6) is 0 Å². The van der Waals surface area contributed by atoms with Crippen molar-refractivity contribution in [3.8, 4) is 0 Å². The molecule has 0 aromatic heterocycles. The molecule has 0 saturated carbocycles. The van der Waals surface area contributed by atoms with Crippen LogP contribution in [0.15, 0.2) is 24.3 Å². The molecule has 106 valence electrons. The van der Waals surface area contributed by atoms with E-state index in [0.717, 1.165) is 11.1 Å². The van der Waals surface area contributed by atoms with E-state index in [-0.39, 0.29) is 18.4 Å². The predicted octanol–water partition coefficient (Wildman–Crippen LogP) is 2.43. The maximum atomic E-state index is 11.8. The quantitative estimate of drug-likeness (QED) is 0.687. The SMILES string of the molecule is COCc1ccc(CC(=O)CP(=O)(OC)OC)cc1. The molecule has 1 aromatic carbocycles. The molecule has 0 fully saturated rings. The summed E-state index contributed by atoms with van der Waals surface area (Å²) in [5.74, 6) is -0.175. The molecular formula is C13H19O5P. The maximum absolute atomic E-state index is 11.8. The number of hydrogen-bond acceptors (Lipinski definition) is 5. The molecule has 1 aromatic rings. The molecule has 0 bridgehead atoms. The second-order valence-corrected chi connectivity index (χ2v) is 6.37. The molecule has 0 radical (unpaired) electrons. The van der Waals surface area contributed by atoms with Crippen LogP contribution in [0, 0.1) is 0 Å². The van der Waals surface area contributed by atoms with Gasteiger partial charge in [0.1, 0.15) is 11.9 Å². The highest BCUT2D eigenvalue weighted by atomic mass is 31.2. The van der Waals surface area contributed by atoms with E-state index < -0.39 is 7.60 Å².